The summed E-state index contributed by atoms with van der Waals surface area (Å²) in [4.78, 5) is 18.8. The molecule has 0 spiro atoms. The average Bonchev–Trinajstić information content (AvgIpc) is 3.15. The highest BCUT2D eigenvalue weighted by Gasteiger charge is 2.35. The van der Waals surface area contributed by atoms with Crippen LogP contribution in [0.4, 0.5) is 4.79 Å². The van der Waals surface area contributed by atoms with Crippen molar-refractivity contribution < 1.29 is 27.0 Å². The number of oxime groups is 1. The van der Waals surface area contributed by atoms with Gasteiger partial charge in [-0.15, -0.1) is 0 Å². The molecule has 1 saturated heterocycles. The summed E-state index contributed by atoms with van der Waals surface area (Å²) in [5, 5.41) is 3.93. The van der Waals surface area contributed by atoms with E-state index in [2.05, 4.69) is 5.16 Å². The lowest BCUT2D eigenvalue weighted by Gasteiger charge is -2.16. The third-order valence-corrected chi connectivity index (χ3v) is 5.97. The minimum absolute atomic E-state index is 0.0791. The molecule has 1 aliphatic rings. The van der Waals surface area contributed by atoms with Gasteiger partial charge in [-0.3, -0.25) is 4.18 Å². The molecule has 0 aromatic heterocycles. The molecular formula is C21H24N2O6S. The van der Waals surface area contributed by atoms with Crippen molar-refractivity contribution in [1.29, 1.82) is 0 Å². The van der Waals surface area contributed by atoms with Crippen molar-refractivity contribution in [1.82, 2.24) is 4.90 Å². The van der Waals surface area contributed by atoms with Gasteiger partial charge in [-0.05, 0) is 24.6 Å². The van der Waals surface area contributed by atoms with Gasteiger partial charge in [0.05, 0.1) is 23.8 Å². The van der Waals surface area contributed by atoms with Crippen LogP contribution in [0.5, 0.6) is 0 Å². The summed E-state index contributed by atoms with van der Waals surface area (Å²) in [6, 6.07) is 15.7. The van der Waals surface area contributed by atoms with Gasteiger partial charge in [-0.1, -0.05) is 53.2 Å². The van der Waals surface area contributed by atoms with Crippen LogP contribution >= 0.6 is 0 Å². The predicted molar refractivity (Wildman–Crippen MR) is 110 cm³/mol. The van der Waals surface area contributed by atoms with Crippen molar-refractivity contribution in [3.8, 4) is 0 Å². The van der Waals surface area contributed by atoms with Crippen molar-refractivity contribution in [3.63, 3.8) is 0 Å². The van der Waals surface area contributed by atoms with Crippen molar-refractivity contribution in [3.05, 3.63) is 65.7 Å². The van der Waals surface area contributed by atoms with Crippen molar-refractivity contribution in [2.24, 2.45) is 11.1 Å². The van der Waals surface area contributed by atoms with E-state index in [0.717, 1.165) is 11.1 Å². The van der Waals surface area contributed by atoms with Gasteiger partial charge in [-0.2, -0.15) is 8.42 Å². The van der Waals surface area contributed by atoms with Gasteiger partial charge in [0.2, 0.25) is 0 Å². The summed E-state index contributed by atoms with van der Waals surface area (Å²) in [6.45, 7) is 2.27. The molecule has 0 saturated carbocycles. The molecule has 8 nitrogen and oxygen atoms in total. The van der Waals surface area contributed by atoms with E-state index in [-0.39, 0.29) is 31.2 Å². The monoisotopic (exact) mass is 432 g/mol. The van der Waals surface area contributed by atoms with Crippen molar-refractivity contribution in [2.45, 2.75) is 18.4 Å². The Labute approximate surface area is 176 Å². The molecule has 1 heterocycles. The van der Waals surface area contributed by atoms with E-state index in [9.17, 15) is 13.2 Å². The highest BCUT2D eigenvalue weighted by atomic mass is 32.2. The second kappa shape index (κ2) is 9.73. The number of benzene rings is 2. The first-order chi connectivity index (χ1) is 14.4. The van der Waals surface area contributed by atoms with Gasteiger partial charge in [0.15, 0.2) is 0 Å². The number of nitrogens with zero attached hydrogens (tertiary/aromatic N) is 2. The molecule has 1 amide bonds. The van der Waals surface area contributed by atoms with E-state index in [1.165, 1.54) is 24.1 Å². The van der Waals surface area contributed by atoms with Gasteiger partial charge < -0.3 is 14.5 Å². The van der Waals surface area contributed by atoms with Gasteiger partial charge in [-0.25, -0.2) is 4.79 Å². The number of hydrogen-bond acceptors (Lipinski definition) is 7. The smallest absolute Gasteiger partial charge is 0.410 e. The van der Waals surface area contributed by atoms with Crippen LogP contribution in [0.1, 0.15) is 11.1 Å². The predicted octanol–water partition coefficient (Wildman–Crippen LogP) is 2.97. The number of amides is 1. The van der Waals surface area contributed by atoms with Crippen molar-refractivity contribution >= 4 is 21.9 Å². The lowest BCUT2D eigenvalue weighted by atomic mass is 10.1. The minimum Gasteiger partial charge on any atom is -0.445 e. The summed E-state index contributed by atoms with van der Waals surface area (Å²) in [7, 11) is -2.52. The summed E-state index contributed by atoms with van der Waals surface area (Å²) >= 11 is 0. The molecule has 1 atom stereocenters. The molecule has 0 radical (unpaired) electrons. The fraction of sp³-hybridized carbons (Fsp3) is 0.333. The quantitative estimate of drug-likeness (QED) is 0.493. The Bertz CT molecular complexity index is 990. The topological polar surface area (TPSA) is 94.5 Å². The molecule has 0 N–H and O–H groups in total. The second-order valence-corrected chi connectivity index (χ2v) is 8.55. The zero-order chi connectivity index (χ0) is 21.6. The molecule has 9 heteroatoms. The SMILES string of the molecule is CO/N=C1\CN(C(=O)OCc2ccccc2)CC1COS(=O)(=O)c1ccc(C)cc1. The normalized spacial score (nSPS) is 17.9. The summed E-state index contributed by atoms with van der Waals surface area (Å²) in [5.41, 5.74) is 2.34. The Morgan fingerprint density at radius 2 is 1.83 bits per heavy atom. The van der Waals surface area contributed by atoms with Crippen LogP contribution in [-0.2, 0) is 30.5 Å². The molecule has 2 aromatic carbocycles. The number of carbonyl (C=O) groups excluding carboxylic acids is 1. The van der Waals surface area contributed by atoms with Crippen LogP contribution in [-0.4, -0.2) is 51.9 Å². The highest BCUT2D eigenvalue weighted by Crippen LogP contribution is 2.20. The molecule has 1 aliphatic heterocycles. The first-order valence-electron chi connectivity index (χ1n) is 9.40. The van der Waals surface area contributed by atoms with E-state index in [0.29, 0.717) is 5.71 Å². The molecule has 30 heavy (non-hydrogen) atoms. The molecule has 0 aliphatic carbocycles. The molecule has 0 bridgehead atoms. The lowest BCUT2D eigenvalue weighted by Crippen LogP contribution is -2.30. The Balaban J connectivity index is 1.60. The van der Waals surface area contributed by atoms with Gasteiger partial charge in [0.1, 0.15) is 13.7 Å². The molecular weight excluding hydrogens is 408 g/mol. The molecule has 3 rings (SSSR count). The lowest BCUT2D eigenvalue weighted by molar-refractivity contribution is 0.102. The Morgan fingerprint density at radius 1 is 1.13 bits per heavy atom. The Kier molecular flexibility index (Phi) is 7.07. The zero-order valence-electron chi connectivity index (χ0n) is 16.9. The number of rotatable bonds is 7. The number of ether oxygens (including phenoxy) is 1. The Hall–Kier alpha value is -2.91. The summed E-state index contributed by atoms with van der Waals surface area (Å²) < 4.78 is 35.5. The maximum Gasteiger partial charge on any atom is 0.410 e. The van der Waals surface area contributed by atoms with Gasteiger partial charge >= 0.3 is 6.09 Å². The molecule has 1 unspecified atom stereocenters. The largest absolute Gasteiger partial charge is 0.445 e. The van der Waals surface area contributed by atoms with Crippen molar-refractivity contribution in [2.75, 3.05) is 26.8 Å². The van der Waals surface area contributed by atoms with E-state index < -0.39 is 22.1 Å². The van der Waals surface area contributed by atoms with E-state index >= 15 is 0 Å². The zero-order valence-corrected chi connectivity index (χ0v) is 17.7. The van der Waals surface area contributed by atoms with Gasteiger partial charge in [0.25, 0.3) is 10.1 Å². The number of likely N-dealkylation sites (tertiary alicyclic amines) is 1. The maximum atomic E-state index is 12.4. The third kappa shape index (κ3) is 5.58. The maximum absolute atomic E-state index is 12.4. The standard InChI is InChI=1S/C21H24N2O6S/c1-16-8-10-19(11-9-16)30(25,26)29-15-18-12-23(13-20(18)22-27-2)21(24)28-14-17-6-4-3-5-7-17/h3-11,18H,12-15H2,1-2H3/b22-20+. The molecule has 160 valence electrons. The minimum atomic E-state index is -3.92. The number of hydrogen-bond donors (Lipinski definition) is 0. The first-order valence-corrected chi connectivity index (χ1v) is 10.8. The highest BCUT2D eigenvalue weighted by molar-refractivity contribution is 7.86. The van der Waals surface area contributed by atoms with E-state index in [4.69, 9.17) is 13.8 Å². The third-order valence-electron chi connectivity index (χ3n) is 4.67. The summed E-state index contributed by atoms with van der Waals surface area (Å²) in [5.74, 6) is -0.422. The number of carbonyl (C=O) groups is 1. The van der Waals surface area contributed by atoms with Crippen LogP contribution in [0.3, 0.4) is 0 Å². The average molecular weight is 432 g/mol. The van der Waals surface area contributed by atoms with E-state index in [1.54, 1.807) is 12.1 Å². The second-order valence-electron chi connectivity index (χ2n) is 6.93. The molecule has 1 fully saturated rings. The molecule has 2 aromatic rings. The number of aryl methyl sites for hydroxylation is 1. The van der Waals surface area contributed by atoms with Crippen LogP contribution in [0.25, 0.3) is 0 Å². The van der Waals surface area contributed by atoms with Crippen LogP contribution in [0.2, 0.25) is 0 Å². The van der Waals surface area contributed by atoms with Crippen LogP contribution in [0.15, 0.2) is 64.6 Å². The van der Waals surface area contributed by atoms with Crippen LogP contribution < -0.4 is 0 Å². The van der Waals surface area contributed by atoms with E-state index in [1.807, 2.05) is 37.3 Å². The first kappa shape index (κ1) is 21.8. The fourth-order valence-electron chi connectivity index (χ4n) is 3.02. The van der Waals surface area contributed by atoms with Gasteiger partial charge in [0, 0.05) is 12.5 Å². The fourth-order valence-corrected chi connectivity index (χ4v) is 3.97. The Morgan fingerprint density at radius 3 is 2.50 bits per heavy atom. The summed E-state index contributed by atoms with van der Waals surface area (Å²) in [6.07, 6.45) is -0.508. The van der Waals surface area contributed by atoms with Crippen LogP contribution in [0, 0.1) is 12.8 Å².